The Bertz CT molecular complexity index is 446. The van der Waals surface area contributed by atoms with Crippen LogP contribution in [0.5, 0.6) is 5.75 Å². The van der Waals surface area contributed by atoms with Gasteiger partial charge in [0.1, 0.15) is 18.0 Å². The van der Waals surface area contributed by atoms with Crippen LogP contribution in [0.1, 0.15) is 46.1 Å². The highest BCUT2D eigenvalue weighted by Crippen LogP contribution is 2.18. The smallest absolute Gasteiger partial charge is 0.410 e. The van der Waals surface area contributed by atoms with Gasteiger partial charge in [-0.15, -0.1) is 0 Å². The number of ether oxygens (including phenoxy) is 2. The lowest BCUT2D eigenvalue weighted by atomic mass is 10.0. The van der Waals surface area contributed by atoms with Gasteiger partial charge in [-0.2, -0.15) is 0 Å². The van der Waals surface area contributed by atoms with Crippen molar-refractivity contribution in [2.45, 2.75) is 46.1 Å². The standard InChI is InChI=1S/C17H27NO3/c1-13(2)14-7-9-15(10-8-14)20-12-11-18(6)16(19)21-17(3,4)5/h7-10,13H,11-12H2,1-6H3. The third-order valence-corrected chi connectivity index (χ3v) is 2.95. The molecule has 0 aliphatic rings. The predicted molar refractivity (Wildman–Crippen MR) is 84.9 cm³/mol. The van der Waals surface area contributed by atoms with Gasteiger partial charge in [-0.1, -0.05) is 26.0 Å². The minimum absolute atomic E-state index is 0.332. The van der Waals surface area contributed by atoms with Crippen molar-refractivity contribution >= 4 is 6.09 Å². The summed E-state index contributed by atoms with van der Waals surface area (Å²) < 4.78 is 10.9. The van der Waals surface area contributed by atoms with Crippen LogP contribution in [0.15, 0.2) is 24.3 Å². The maximum absolute atomic E-state index is 11.8. The van der Waals surface area contributed by atoms with Gasteiger partial charge in [0.15, 0.2) is 0 Å². The number of likely N-dealkylation sites (N-methyl/N-ethyl adjacent to an activating group) is 1. The molecular formula is C17H27NO3. The molecule has 0 bridgehead atoms. The number of nitrogens with zero attached hydrogens (tertiary/aromatic N) is 1. The molecule has 0 aliphatic carbocycles. The Labute approximate surface area is 128 Å². The van der Waals surface area contributed by atoms with Crippen LogP contribution in [-0.2, 0) is 4.74 Å². The van der Waals surface area contributed by atoms with E-state index in [1.165, 1.54) is 10.5 Å². The lowest BCUT2D eigenvalue weighted by molar-refractivity contribution is 0.0278. The van der Waals surface area contributed by atoms with Crippen LogP contribution < -0.4 is 4.74 Å². The summed E-state index contributed by atoms with van der Waals surface area (Å²) in [5, 5.41) is 0. The van der Waals surface area contributed by atoms with Crippen molar-refractivity contribution in [2.24, 2.45) is 0 Å². The van der Waals surface area contributed by atoms with Gasteiger partial charge in [0.25, 0.3) is 0 Å². The average molecular weight is 293 g/mol. The van der Waals surface area contributed by atoms with Gasteiger partial charge >= 0.3 is 6.09 Å². The third kappa shape index (κ3) is 6.52. The first-order valence-corrected chi connectivity index (χ1v) is 7.36. The maximum atomic E-state index is 11.8. The number of hydrogen-bond acceptors (Lipinski definition) is 3. The lowest BCUT2D eigenvalue weighted by Gasteiger charge is -2.24. The van der Waals surface area contributed by atoms with Crippen molar-refractivity contribution < 1.29 is 14.3 Å². The van der Waals surface area contributed by atoms with E-state index in [4.69, 9.17) is 9.47 Å². The molecule has 1 aromatic rings. The summed E-state index contributed by atoms with van der Waals surface area (Å²) in [6, 6.07) is 8.06. The zero-order valence-electron chi connectivity index (χ0n) is 14.0. The van der Waals surface area contributed by atoms with E-state index in [-0.39, 0.29) is 6.09 Å². The number of amides is 1. The Morgan fingerprint density at radius 2 is 1.76 bits per heavy atom. The van der Waals surface area contributed by atoms with Crippen molar-refractivity contribution in [3.8, 4) is 5.75 Å². The Morgan fingerprint density at radius 3 is 2.24 bits per heavy atom. The fourth-order valence-electron chi connectivity index (χ4n) is 1.68. The SMILES string of the molecule is CC(C)c1ccc(OCCN(C)C(=O)OC(C)(C)C)cc1. The van der Waals surface area contributed by atoms with Crippen molar-refractivity contribution in [3.63, 3.8) is 0 Å². The molecule has 4 heteroatoms. The minimum atomic E-state index is -0.473. The van der Waals surface area contributed by atoms with E-state index in [9.17, 15) is 4.79 Å². The molecule has 4 nitrogen and oxygen atoms in total. The van der Waals surface area contributed by atoms with E-state index in [2.05, 4.69) is 26.0 Å². The van der Waals surface area contributed by atoms with Gasteiger partial charge in [-0.25, -0.2) is 4.79 Å². The number of rotatable bonds is 5. The monoisotopic (exact) mass is 293 g/mol. The van der Waals surface area contributed by atoms with E-state index in [1.807, 2.05) is 32.9 Å². The van der Waals surface area contributed by atoms with Crippen molar-refractivity contribution in [2.75, 3.05) is 20.2 Å². The summed E-state index contributed by atoms with van der Waals surface area (Å²) in [5.74, 6) is 1.33. The van der Waals surface area contributed by atoms with E-state index < -0.39 is 5.60 Å². The van der Waals surface area contributed by atoms with Crippen LogP contribution in [0.4, 0.5) is 4.79 Å². The van der Waals surface area contributed by atoms with Gasteiger partial charge in [-0.3, -0.25) is 0 Å². The highest BCUT2D eigenvalue weighted by molar-refractivity contribution is 5.67. The fraction of sp³-hybridized carbons (Fsp3) is 0.588. The van der Waals surface area contributed by atoms with Crippen LogP contribution in [0.25, 0.3) is 0 Å². The van der Waals surface area contributed by atoms with Crippen molar-refractivity contribution in [1.29, 1.82) is 0 Å². The molecule has 1 aromatic carbocycles. The quantitative estimate of drug-likeness (QED) is 0.822. The number of carbonyl (C=O) groups is 1. The van der Waals surface area contributed by atoms with Crippen LogP contribution >= 0.6 is 0 Å². The molecule has 0 radical (unpaired) electrons. The lowest BCUT2D eigenvalue weighted by Crippen LogP contribution is -2.36. The largest absolute Gasteiger partial charge is 0.492 e. The summed E-state index contributed by atoms with van der Waals surface area (Å²) >= 11 is 0. The molecule has 0 unspecified atom stereocenters. The molecule has 0 aliphatic heterocycles. The van der Waals surface area contributed by atoms with Gasteiger partial charge in [0, 0.05) is 7.05 Å². The number of hydrogen-bond donors (Lipinski definition) is 0. The topological polar surface area (TPSA) is 38.8 Å². The van der Waals surface area contributed by atoms with Crippen LogP contribution in [-0.4, -0.2) is 36.8 Å². The highest BCUT2D eigenvalue weighted by Gasteiger charge is 2.19. The van der Waals surface area contributed by atoms with Crippen LogP contribution in [0.2, 0.25) is 0 Å². The second-order valence-corrected chi connectivity index (χ2v) is 6.47. The van der Waals surface area contributed by atoms with E-state index in [0.717, 1.165) is 5.75 Å². The Kier molecular flexibility index (Phi) is 6.06. The second-order valence-electron chi connectivity index (χ2n) is 6.47. The Morgan fingerprint density at radius 1 is 1.19 bits per heavy atom. The molecule has 0 N–H and O–H groups in total. The van der Waals surface area contributed by atoms with Gasteiger partial charge in [0.2, 0.25) is 0 Å². The molecule has 1 rings (SSSR count). The zero-order chi connectivity index (χ0) is 16.0. The molecule has 0 saturated heterocycles. The molecule has 0 heterocycles. The van der Waals surface area contributed by atoms with Gasteiger partial charge < -0.3 is 14.4 Å². The third-order valence-electron chi connectivity index (χ3n) is 2.95. The zero-order valence-corrected chi connectivity index (χ0v) is 14.0. The summed E-state index contributed by atoms with van der Waals surface area (Å²) in [4.78, 5) is 13.3. The summed E-state index contributed by atoms with van der Waals surface area (Å²) in [5.41, 5.74) is 0.812. The average Bonchev–Trinajstić information content (AvgIpc) is 2.37. The molecule has 118 valence electrons. The normalized spacial score (nSPS) is 11.4. The Hall–Kier alpha value is -1.71. The van der Waals surface area contributed by atoms with E-state index >= 15 is 0 Å². The summed E-state index contributed by atoms with van der Waals surface area (Å²) in [7, 11) is 1.71. The number of benzene rings is 1. The molecule has 1 amide bonds. The van der Waals surface area contributed by atoms with E-state index in [1.54, 1.807) is 7.05 Å². The fourth-order valence-corrected chi connectivity index (χ4v) is 1.68. The molecule has 0 saturated carbocycles. The van der Waals surface area contributed by atoms with Crippen LogP contribution in [0.3, 0.4) is 0 Å². The maximum Gasteiger partial charge on any atom is 0.410 e. The van der Waals surface area contributed by atoms with Crippen molar-refractivity contribution in [3.05, 3.63) is 29.8 Å². The molecular weight excluding hydrogens is 266 g/mol. The Balaban J connectivity index is 2.37. The first-order chi connectivity index (χ1) is 9.69. The van der Waals surface area contributed by atoms with Gasteiger partial charge in [0.05, 0.1) is 6.54 Å². The van der Waals surface area contributed by atoms with Gasteiger partial charge in [-0.05, 0) is 44.4 Å². The van der Waals surface area contributed by atoms with Crippen LogP contribution in [0, 0.1) is 0 Å². The minimum Gasteiger partial charge on any atom is -0.492 e. The molecule has 0 fully saturated rings. The number of carbonyl (C=O) groups excluding carboxylic acids is 1. The molecule has 21 heavy (non-hydrogen) atoms. The predicted octanol–water partition coefficient (Wildman–Crippen LogP) is 4.06. The van der Waals surface area contributed by atoms with Crippen molar-refractivity contribution in [1.82, 2.24) is 4.90 Å². The molecule has 0 aromatic heterocycles. The molecule has 0 spiro atoms. The first-order valence-electron chi connectivity index (χ1n) is 7.36. The highest BCUT2D eigenvalue weighted by atomic mass is 16.6. The first kappa shape index (κ1) is 17.3. The molecule has 0 atom stereocenters. The summed E-state index contributed by atoms with van der Waals surface area (Å²) in [6.07, 6.45) is -0.332. The second kappa shape index (κ2) is 7.34. The summed E-state index contributed by atoms with van der Waals surface area (Å²) in [6.45, 7) is 10.8. The van der Waals surface area contributed by atoms with E-state index in [0.29, 0.717) is 19.1 Å².